The van der Waals surface area contributed by atoms with Crippen LogP contribution in [-0.2, 0) is 13.1 Å². The number of furan rings is 1. The van der Waals surface area contributed by atoms with Crippen molar-refractivity contribution in [2.45, 2.75) is 92.9 Å². The van der Waals surface area contributed by atoms with Crippen LogP contribution in [-0.4, -0.2) is 11.4 Å². The van der Waals surface area contributed by atoms with Crippen molar-refractivity contribution in [3.63, 3.8) is 0 Å². The summed E-state index contributed by atoms with van der Waals surface area (Å²) in [4.78, 5) is 10.2. The molecule has 3 rings (SSSR count). The van der Waals surface area contributed by atoms with Gasteiger partial charge in [0.05, 0.1) is 22.8 Å². The Hall–Kier alpha value is -1.84. The van der Waals surface area contributed by atoms with E-state index in [2.05, 4.69) is 91.8 Å². The van der Waals surface area contributed by atoms with Crippen LogP contribution in [0.15, 0.2) is 62.9 Å². The summed E-state index contributed by atoms with van der Waals surface area (Å²) in [5.41, 5.74) is 8.99. The van der Waals surface area contributed by atoms with Crippen molar-refractivity contribution >= 4 is 43.0 Å². The first-order valence-corrected chi connectivity index (χ1v) is 16.3. The molecule has 0 N–H and O–H groups in total. The van der Waals surface area contributed by atoms with Gasteiger partial charge in [-0.15, -0.1) is 0 Å². The van der Waals surface area contributed by atoms with Gasteiger partial charge in [0.1, 0.15) is 11.5 Å². The Bertz CT molecular complexity index is 1110. The molecule has 0 atom stereocenters. The number of rotatable bonds is 8. The van der Waals surface area contributed by atoms with Gasteiger partial charge in [-0.05, 0) is 71.9 Å². The predicted octanol–water partition coefficient (Wildman–Crippen LogP) is 11.4. The van der Waals surface area contributed by atoms with E-state index in [0.29, 0.717) is 23.7 Å². The van der Waals surface area contributed by atoms with Crippen LogP contribution in [0.5, 0.6) is 0 Å². The molecule has 38 heavy (non-hydrogen) atoms. The third-order valence-electron chi connectivity index (χ3n) is 6.56. The second-order valence-corrected chi connectivity index (χ2v) is 12.6. The first kappa shape index (κ1) is 32.4. The van der Waals surface area contributed by atoms with E-state index < -0.39 is 0 Å². The minimum absolute atomic E-state index is 0.194. The molecule has 3 aromatic rings. The fourth-order valence-electron chi connectivity index (χ4n) is 4.45. The zero-order valence-corrected chi connectivity index (χ0v) is 27.0. The maximum atomic E-state index is 6.29. The van der Waals surface area contributed by atoms with E-state index in [1.807, 2.05) is 26.0 Å². The Kier molecular flexibility index (Phi) is 12.8. The summed E-state index contributed by atoms with van der Waals surface area (Å²) < 4.78 is 6.29. The molecule has 0 aliphatic rings. The topological polar surface area (TPSA) is 37.9 Å². The molecule has 0 amide bonds. The van der Waals surface area contributed by atoms with E-state index in [-0.39, 0.29) is 13.1 Å². The second-order valence-electron chi connectivity index (χ2n) is 10.8. The van der Waals surface area contributed by atoms with E-state index in [0.717, 1.165) is 34.3 Å². The van der Waals surface area contributed by atoms with E-state index in [1.54, 1.807) is 0 Å². The van der Waals surface area contributed by atoms with E-state index in [1.165, 1.54) is 22.3 Å². The van der Waals surface area contributed by atoms with Gasteiger partial charge in [-0.2, -0.15) is 0 Å². The van der Waals surface area contributed by atoms with Crippen molar-refractivity contribution in [1.82, 2.24) is 0 Å². The van der Waals surface area contributed by atoms with Gasteiger partial charge in [-0.3, -0.25) is 0 Å². The van der Waals surface area contributed by atoms with Crippen molar-refractivity contribution < 1.29 is 17.6 Å². The van der Waals surface area contributed by atoms with Crippen molar-refractivity contribution in [3.8, 4) is 0 Å². The summed E-state index contributed by atoms with van der Waals surface area (Å²) in [6.45, 7) is 21.8. The first-order valence-electron chi connectivity index (χ1n) is 13.2. The van der Waals surface area contributed by atoms with Gasteiger partial charge in [0.25, 0.3) is 0 Å². The quantitative estimate of drug-likeness (QED) is 0.188. The molecule has 1 heterocycles. The SMILES string of the molecule is CC(=Nc1c(C(C)C)cccc1C(C)C)c1ccc(C(C)=Nc2c(C(C)C)cccc2C(C)C)o1.[Cl][Fe][Cl]. The number of halogens is 2. The van der Waals surface area contributed by atoms with Gasteiger partial charge in [0.15, 0.2) is 0 Å². The van der Waals surface area contributed by atoms with Crippen LogP contribution in [0.25, 0.3) is 0 Å². The van der Waals surface area contributed by atoms with Gasteiger partial charge in [-0.1, -0.05) is 91.8 Å². The molecule has 0 aliphatic heterocycles. The van der Waals surface area contributed by atoms with Crippen LogP contribution in [0.3, 0.4) is 0 Å². The summed E-state index contributed by atoms with van der Waals surface area (Å²) in [6, 6.07) is 17.1. The number of hydrogen-bond donors (Lipinski definition) is 0. The third-order valence-corrected chi connectivity index (χ3v) is 6.56. The molecular weight excluding hydrogens is 555 g/mol. The molecule has 6 heteroatoms. The average molecular weight is 597 g/mol. The fraction of sp³-hybridized carbons (Fsp3) is 0.438. The molecule has 3 nitrogen and oxygen atoms in total. The van der Waals surface area contributed by atoms with Crippen LogP contribution in [0.1, 0.15) is 127 Å². The van der Waals surface area contributed by atoms with E-state index in [4.69, 9.17) is 34.6 Å². The molecule has 1 aromatic heterocycles. The van der Waals surface area contributed by atoms with Crippen molar-refractivity contribution in [2.75, 3.05) is 0 Å². The fourth-order valence-corrected chi connectivity index (χ4v) is 4.45. The number of hydrogen-bond acceptors (Lipinski definition) is 3. The Morgan fingerprint density at radius 2 is 0.842 bits per heavy atom. The van der Waals surface area contributed by atoms with Crippen LogP contribution in [0, 0.1) is 0 Å². The van der Waals surface area contributed by atoms with Crippen LogP contribution < -0.4 is 0 Å². The number of para-hydroxylation sites is 2. The van der Waals surface area contributed by atoms with Crippen LogP contribution in [0.4, 0.5) is 11.4 Å². The predicted molar refractivity (Wildman–Crippen MR) is 163 cm³/mol. The first-order chi connectivity index (χ1) is 17.9. The van der Waals surface area contributed by atoms with Crippen LogP contribution in [0.2, 0.25) is 0 Å². The Balaban J connectivity index is 0.00000161. The third kappa shape index (κ3) is 8.33. The summed E-state index contributed by atoms with van der Waals surface area (Å²) in [6.07, 6.45) is 0. The molecular formula is C32H42Cl2FeN2O. The van der Waals surface area contributed by atoms with E-state index >= 15 is 0 Å². The molecule has 0 fully saturated rings. The standard InChI is InChI=1S/C32H42N2O.2ClH.Fe/c1-19(2)25-13-11-14-26(20(3)4)31(25)33-23(9)29-17-18-30(35-29)24(10)34-32-27(21(5)6)15-12-16-28(32)22(7)8;;;/h11-22H,1-10H3;2*1H;/q;;;+2/p-2. The Morgan fingerprint density at radius 3 is 1.08 bits per heavy atom. The molecule has 2 aromatic carbocycles. The van der Waals surface area contributed by atoms with Crippen LogP contribution >= 0.6 is 20.2 Å². The zero-order chi connectivity index (χ0) is 28.6. The summed E-state index contributed by atoms with van der Waals surface area (Å²) in [7, 11) is 9.53. The summed E-state index contributed by atoms with van der Waals surface area (Å²) >= 11 is 0.194. The second kappa shape index (κ2) is 15.1. The van der Waals surface area contributed by atoms with Crippen molar-refractivity contribution in [3.05, 3.63) is 82.3 Å². The molecule has 208 valence electrons. The van der Waals surface area contributed by atoms with Gasteiger partial charge < -0.3 is 4.42 Å². The van der Waals surface area contributed by atoms with E-state index in [9.17, 15) is 0 Å². The molecule has 0 aliphatic carbocycles. The van der Waals surface area contributed by atoms with Gasteiger partial charge in [0.2, 0.25) is 0 Å². The molecule has 0 saturated heterocycles. The molecule has 0 saturated carbocycles. The maximum absolute atomic E-state index is 6.29. The number of nitrogens with zero attached hydrogens (tertiary/aromatic N) is 2. The normalized spacial score (nSPS) is 12.6. The van der Waals surface area contributed by atoms with Gasteiger partial charge >= 0.3 is 33.3 Å². The Labute approximate surface area is 244 Å². The molecule has 0 radical (unpaired) electrons. The molecule has 0 bridgehead atoms. The van der Waals surface area contributed by atoms with Gasteiger partial charge in [0, 0.05) is 0 Å². The van der Waals surface area contributed by atoms with Crippen molar-refractivity contribution in [1.29, 1.82) is 0 Å². The molecule has 0 spiro atoms. The molecule has 0 unspecified atom stereocenters. The zero-order valence-electron chi connectivity index (χ0n) is 24.3. The number of benzene rings is 2. The average Bonchev–Trinajstić information content (AvgIpc) is 3.35. The summed E-state index contributed by atoms with van der Waals surface area (Å²) in [5, 5.41) is 0. The monoisotopic (exact) mass is 596 g/mol. The number of aliphatic imine (C=N–C) groups is 2. The Morgan fingerprint density at radius 1 is 0.579 bits per heavy atom. The summed E-state index contributed by atoms with van der Waals surface area (Å²) in [5.74, 6) is 3.17. The van der Waals surface area contributed by atoms with Crippen molar-refractivity contribution in [2.24, 2.45) is 9.98 Å². The van der Waals surface area contributed by atoms with Gasteiger partial charge in [-0.25, -0.2) is 9.98 Å². The minimum atomic E-state index is 0.194.